The SMILES string of the molecule is c1ccc2c(c1)-c1cncn1C2C1CCN(c2ccc(-c3cn[nH]c3)cc2)CC1. The minimum atomic E-state index is 0.425. The van der Waals surface area contributed by atoms with E-state index in [-0.39, 0.29) is 0 Å². The molecule has 144 valence electrons. The third-order valence-corrected chi connectivity index (χ3v) is 6.57. The third-order valence-electron chi connectivity index (χ3n) is 6.57. The molecule has 1 unspecified atom stereocenters. The lowest BCUT2D eigenvalue weighted by Gasteiger charge is -2.37. The number of benzene rings is 2. The molecule has 5 nitrogen and oxygen atoms in total. The van der Waals surface area contributed by atoms with Gasteiger partial charge in [0.05, 0.1) is 30.5 Å². The number of fused-ring (bicyclic) bond motifs is 3. The van der Waals surface area contributed by atoms with Gasteiger partial charge in [-0.2, -0.15) is 5.10 Å². The van der Waals surface area contributed by atoms with Crippen molar-refractivity contribution >= 4 is 5.69 Å². The molecule has 2 aliphatic heterocycles. The zero-order valence-corrected chi connectivity index (χ0v) is 16.2. The first-order valence-corrected chi connectivity index (χ1v) is 10.3. The highest BCUT2D eigenvalue weighted by Gasteiger charge is 2.35. The van der Waals surface area contributed by atoms with Crippen LogP contribution in [-0.2, 0) is 0 Å². The van der Waals surface area contributed by atoms with Crippen LogP contribution in [0.15, 0.2) is 73.4 Å². The summed E-state index contributed by atoms with van der Waals surface area (Å²) in [7, 11) is 0. The number of nitrogens with zero attached hydrogens (tertiary/aromatic N) is 4. The van der Waals surface area contributed by atoms with Crippen LogP contribution in [0.1, 0.15) is 24.4 Å². The Bertz CT molecular complexity index is 1120. The molecule has 2 aromatic heterocycles. The lowest BCUT2D eigenvalue weighted by atomic mass is 9.85. The predicted molar refractivity (Wildman–Crippen MR) is 115 cm³/mol. The van der Waals surface area contributed by atoms with E-state index >= 15 is 0 Å². The molecule has 0 aliphatic carbocycles. The van der Waals surface area contributed by atoms with Gasteiger partial charge in [0.2, 0.25) is 0 Å². The lowest BCUT2D eigenvalue weighted by molar-refractivity contribution is 0.317. The van der Waals surface area contributed by atoms with Gasteiger partial charge in [0.15, 0.2) is 0 Å². The van der Waals surface area contributed by atoms with Crippen molar-refractivity contribution in [3.05, 3.63) is 79.0 Å². The van der Waals surface area contributed by atoms with Crippen molar-refractivity contribution in [2.24, 2.45) is 5.92 Å². The Balaban J connectivity index is 1.20. The number of imidazole rings is 1. The molecule has 0 amide bonds. The van der Waals surface area contributed by atoms with Crippen molar-refractivity contribution in [2.45, 2.75) is 18.9 Å². The second-order valence-corrected chi connectivity index (χ2v) is 8.08. The summed E-state index contributed by atoms with van der Waals surface area (Å²) in [6.07, 6.45) is 10.2. The summed E-state index contributed by atoms with van der Waals surface area (Å²) in [6, 6.07) is 18.1. The van der Waals surface area contributed by atoms with Gasteiger partial charge in [-0.3, -0.25) is 5.10 Å². The Hall–Kier alpha value is -3.34. The van der Waals surface area contributed by atoms with Crippen molar-refractivity contribution < 1.29 is 0 Å². The molecule has 5 heteroatoms. The number of H-pyrrole nitrogens is 1. The topological polar surface area (TPSA) is 49.7 Å². The summed E-state index contributed by atoms with van der Waals surface area (Å²) in [6.45, 7) is 2.19. The quantitative estimate of drug-likeness (QED) is 0.557. The van der Waals surface area contributed by atoms with E-state index in [4.69, 9.17) is 0 Å². The maximum absolute atomic E-state index is 4.43. The van der Waals surface area contributed by atoms with Crippen LogP contribution in [0.3, 0.4) is 0 Å². The van der Waals surface area contributed by atoms with Crippen molar-refractivity contribution in [1.29, 1.82) is 0 Å². The second kappa shape index (κ2) is 6.62. The van der Waals surface area contributed by atoms with Crippen molar-refractivity contribution in [1.82, 2.24) is 19.7 Å². The summed E-state index contributed by atoms with van der Waals surface area (Å²) < 4.78 is 2.39. The molecule has 1 saturated heterocycles. The average molecular weight is 381 g/mol. The number of anilines is 1. The van der Waals surface area contributed by atoms with Crippen LogP contribution >= 0.6 is 0 Å². The first-order valence-electron chi connectivity index (χ1n) is 10.3. The van der Waals surface area contributed by atoms with Gasteiger partial charge in [-0.1, -0.05) is 36.4 Å². The predicted octanol–water partition coefficient (Wildman–Crippen LogP) is 4.76. The fourth-order valence-electron chi connectivity index (χ4n) is 5.10. The molecule has 6 rings (SSSR count). The highest BCUT2D eigenvalue weighted by Crippen LogP contribution is 2.45. The molecule has 1 N–H and O–H groups in total. The van der Waals surface area contributed by atoms with Gasteiger partial charge in [0.25, 0.3) is 0 Å². The summed E-state index contributed by atoms with van der Waals surface area (Å²) in [5, 5.41) is 6.93. The van der Waals surface area contributed by atoms with E-state index in [1.165, 1.54) is 40.9 Å². The molecule has 1 atom stereocenters. The Labute approximate surface area is 170 Å². The standard InChI is InChI=1S/C24H23N5/c1-2-4-22-21(3-1)23-15-25-16-29(23)24(22)18-9-11-28(12-10-18)20-7-5-17(6-8-20)19-13-26-27-14-19/h1-8,13-16,18,24H,9-12H2,(H,26,27). The maximum atomic E-state index is 4.43. The number of hydrogen-bond donors (Lipinski definition) is 1. The Morgan fingerprint density at radius 3 is 2.52 bits per heavy atom. The summed E-state index contributed by atoms with van der Waals surface area (Å²) in [4.78, 5) is 6.94. The number of aromatic nitrogens is 4. The van der Waals surface area contributed by atoms with Gasteiger partial charge in [-0.05, 0) is 42.0 Å². The van der Waals surface area contributed by atoms with E-state index in [9.17, 15) is 0 Å². The molecule has 2 aromatic carbocycles. The fraction of sp³-hybridized carbons (Fsp3) is 0.250. The van der Waals surface area contributed by atoms with Gasteiger partial charge in [-0.25, -0.2) is 4.98 Å². The molecule has 4 aromatic rings. The summed E-state index contributed by atoms with van der Waals surface area (Å²) in [5.74, 6) is 0.646. The maximum Gasteiger partial charge on any atom is 0.0956 e. The molecular formula is C24H23N5. The number of nitrogens with one attached hydrogen (secondary N) is 1. The van der Waals surface area contributed by atoms with Crippen molar-refractivity contribution in [3.8, 4) is 22.4 Å². The smallest absolute Gasteiger partial charge is 0.0956 e. The molecule has 29 heavy (non-hydrogen) atoms. The van der Waals surface area contributed by atoms with Crippen LogP contribution < -0.4 is 4.90 Å². The number of aromatic amines is 1. The van der Waals surface area contributed by atoms with Crippen LogP contribution in [0.4, 0.5) is 5.69 Å². The first-order chi connectivity index (χ1) is 14.4. The summed E-state index contributed by atoms with van der Waals surface area (Å²) >= 11 is 0. The average Bonchev–Trinajstić information content (AvgIpc) is 3.52. The van der Waals surface area contributed by atoms with Crippen LogP contribution in [0, 0.1) is 5.92 Å². The summed E-state index contributed by atoms with van der Waals surface area (Å²) in [5.41, 5.74) is 7.73. The van der Waals surface area contributed by atoms with Crippen LogP contribution in [-0.4, -0.2) is 32.8 Å². The highest BCUT2D eigenvalue weighted by molar-refractivity contribution is 5.69. The van der Waals surface area contributed by atoms with E-state index in [0.717, 1.165) is 18.7 Å². The normalized spacial score (nSPS) is 18.6. The second-order valence-electron chi connectivity index (χ2n) is 8.08. The zero-order valence-electron chi connectivity index (χ0n) is 16.2. The van der Waals surface area contributed by atoms with Crippen molar-refractivity contribution in [2.75, 3.05) is 18.0 Å². The number of hydrogen-bond acceptors (Lipinski definition) is 3. The molecule has 0 bridgehead atoms. The van der Waals surface area contributed by atoms with E-state index in [2.05, 4.69) is 73.2 Å². The largest absolute Gasteiger partial charge is 0.372 e. The highest BCUT2D eigenvalue weighted by atomic mass is 15.1. The van der Waals surface area contributed by atoms with E-state index < -0.39 is 0 Å². The minimum absolute atomic E-state index is 0.425. The van der Waals surface area contributed by atoms with Gasteiger partial charge in [0, 0.05) is 36.1 Å². The number of rotatable bonds is 3. The monoisotopic (exact) mass is 381 g/mol. The molecule has 1 fully saturated rings. The lowest BCUT2D eigenvalue weighted by Crippen LogP contribution is -2.36. The van der Waals surface area contributed by atoms with Crippen LogP contribution in [0.25, 0.3) is 22.4 Å². The Morgan fingerprint density at radius 2 is 1.72 bits per heavy atom. The van der Waals surface area contributed by atoms with Gasteiger partial charge < -0.3 is 9.47 Å². The molecular weight excluding hydrogens is 358 g/mol. The molecule has 0 saturated carbocycles. The van der Waals surface area contributed by atoms with Gasteiger partial charge >= 0.3 is 0 Å². The van der Waals surface area contributed by atoms with E-state index in [1.807, 2.05) is 24.9 Å². The molecule has 4 heterocycles. The van der Waals surface area contributed by atoms with Gasteiger partial charge in [-0.15, -0.1) is 0 Å². The third kappa shape index (κ3) is 2.69. The van der Waals surface area contributed by atoms with E-state index in [1.54, 1.807) is 0 Å². The van der Waals surface area contributed by atoms with Crippen LogP contribution in [0.2, 0.25) is 0 Å². The molecule has 0 radical (unpaired) electrons. The molecule has 2 aliphatic rings. The Kier molecular flexibility index (Phi) is 3.79. The Morgan fingerprint density at radius 1 is 0.897 bits per heavy atom. The van der Waals surface area contributed by atoms with E-state index in [0.29, 0.717) is 12.0 Å². The number of piperidine rings is 1. The fourth-order valence-corrected chi connectivity index (χ4v) is 5.10. The van der Waals surface area contributed by atoms with Crippen molar-refractivity contribution in [3.63, 3.8) is 0 Å². The zero-order chi connectivity index (χ0) is 19.2. The van der Waals surface area contributed by atoms with Gasteiger partial charge in [0.1, 0.15) is 0 Å². The van der Waals surface area contributed by atoms with Crippen LogP contribution in [0.5, 0.6) is 0 Å². The minimum Gasteiger partial charge on any atom is -0.372 e. The molecule has 0 spiro atoms. The first kappa shape index (κ1) is 16.6.